The number of rotatable bonds is 5. The molecule has 0 aliphatic rings. The maximum Gasteiger partial charge on any atom is 0.127 e. The van der Waals surface area contributed by atoms with Gasteiger partial charge in [0.25, 0.3) is 0 Å². The van der Waals surface area contributed by atoms with E-state index in [9.17, 15) is 0 Å². The number of benzene rings is 1. The van der Waals surface area contributed by atoms with E-state index in [0.29, 0.717) is 5.76 Å². The molecule has 2 nitrogen and oxygen atoms in total. The Morgan fingerprint density at radius 3 is 2.18 bits per heavy atom. The Hall–Kier alpha value is -1.96. The van der Waals surface area contributed by atoms with Gasteiger partial charge in [-0.25, -0.2) is 0 Å². The van der Waals surface area contributed by atoms with E-state index < -0.39 is 0 Å². The highest BCUT2D eigenvalue weighted by Crippen LogP contribution is 2.19. The van der Waals surface area contributed by atoms with Crippen molar-refractivity contribution in [3.8, 4) is 5.75 Å². The van der Waals surface area contributed by atoms with Crippen LogP contribution in [0.5, 0.6) is 5.75 Å². The van der Waals surface area contributed by atoms with E-state index in [4.69, 9.17) is 4.74 Å². The van der Waals surface area contributed by atoms with Gasteiger partial charge in [-0.3, -0.25) is 0 Å². The van der Waals surface area contributed by atoms with E-state index in [1.54, 1.807) is 0 Å². The molecule has 0 amide bonds. The molecule has 0 fully saturated rings. The molecule has 90 valence electrons. The van der Waals surface area contributed by atoms with Crippen molar-refractivity contribution < 1.29 is 4.74 Å². The van der Waals surface area contributed by atoms with E-state index in [-0.39, 0.29) is 0 Å². The molecule has 0 radical (unpaired) electrons. The van der Waals surface area contributed by atoms with Gasteiger partial charge in [0, 0.05) is 19.8 Å². The van der Waals surface area contributed by atoms with Crippen LogP contribution in [0.1, 0.15) is 6.92 Å². The summed E-state index contributed by atoms with van der Waals surface area (Å²) >= 11 is 0. The van der Waals surface area contributed by atoms with Gasteiger partial charge >= 0.3 is 0 Å². The lowest BCUT2D eigenvalue weighted by molar-refractivity contribution is 0.447. The molecule has 0 aliphatic heterocycles. The van der Waals surface area contributed by atoms with Crippen LogP contribution < -0.4 is 9.64 Å². The van der Waals surface area contributed by atoms with Crippen molar-refractivity contribution in [1.82, 2.24) is 0 Å². The Labute approximate surface area is 104 Å². The molecule has 17 heavy (non-hydrogen) atoms. The fourth-order valence-electron chi connectivity index (χ4n) is 1.23. The maximum absolute atomic E-state index is 5.56. The van der Waals surface area contributed by atoms with Crippen LogP contribution in [0.3, 0.4) is 0 Å². The van der Waals surface area contributed by atoms with Crippen molar-refractivity contribution in [2.75, 3.05) is 19.0 Å². The second kappa shape index (κ2) is 5.94. The van der Waals surface area contributed by atoms with Gasteiger partial charge in [-0.05, 0) is 37.3 Å². The summed E-state index contributed by atoms with van der Waals surface area (Å²) in [6, 6.07) is 7.86. The van der Waals surface area contributed by atoms with Crippen LogP contribution in [0.25, 0.3) is 0 Å². The lowest BCUT2D eigenvalue weighted by Gasteiger charge is -2.13. The van der Waals surface area contributed by atoms with E-state index >= 15 is 0 Å². The minimum atomic E-state index is 0.602. The molecule has 0 spiro atoms. The molecule has 1 aromatic carbocycles. The van der Waals surface area contributed by atoms with Gasteiger partial charge in [-0.2, -0.15) is 0 Å². The van der Waals surface area contributed by atoms with Crippen LogP contribution in [-0.4, -0.2) is 14.1 Å². The highest BCUT2D eigenvalue weighted by molar-refractivity contribution is 5.48. The molecule has 0 aromatic heterocycles. The second-order valence-corrected chi connectivity index (χ2v) is 4.14. The molecule has 0 N–H and O–H groups in total. The fraction of sp³-hybridized carbons (Fsp3) is 0.200. The van der Waals surface area contributed by atoms with Crippen LogP contribution in [0.2, 0.25) is 0 Å². The minimum Gasteiger partial charge on any atom is -0.458 e. The van der Waals surface area contributed by atoms with Crippen molar-refractivity contribution >= 4 is 5.69 Å². The van der Waals surface area contributed by atoms with Crippen molar-refractivity contribution in [3.63, 3.8) is 0 Å². The van der Waals surface area contributed by atoms with Crippen molar-refractivity contribution in [1.29, 1.82) is 0 Å². The van der Waals surface area contributed by atoms with Gasteiger partial charge in [-0.1, -0.05) is 24.8 Å². The molecule has 0 heterocycles. The van der Waals surface area contributed by atoms with E-state index in [1.165, 1.54) is 0 Å². The highest BCUT2D eigenvalue weighted by atomic mass is 16.5. The van der Waals surface area contributed by atoms with E-state index in [0.717, 1.165) is 17.0 Å². The number of hydrogen-bond acceptors (Lipinski definition) is 2. The molecule has 0 atom stereocenters. The van der Waals surface area contributed by atoms with Gasteiger partial charge in [-0.15, -0.1) is 0 Å². The van der Waals surface area contributed by atoms with E-state index in [2.05, 4.69) is 13.2 Å². The predicted molar refractivity (Wildman–Crippen MR) is 74.5 cm³/mol. The highest BCUT2D eigenvalue weighted by Gasteiger charge is 1.97. The van der Waals surface area contributed by atoms with E-state index in [1.807, 2.05) is 62.3 Å². The van der Waals surface area contributed by atoms with Gasteiger partial charge in [0.05, 0.1) is 0 Å². The zero-order valence-corrected chi connectivity index (χ0v) is 10.7. The summed E-state index contributed by atoms with van der Waals surface area (Å²) in [5, 5.41) is 0. The standard InChI is InChI=1S/C15H19NO/c1-12(2)6-7-13(3)17-15-10-8-14(9-11-15)16(4)5/h6-11H,1,3H2,2,4-5H3/b7-6-. The Morgan fingerprint density at radius 1 is 1.12 bits per heavy atom. The number of nitrogens with zero attached hydrogens (tertiary/aromatic N) is 1. The Morgan fingerprint density at radius 2 is 1.71 bits per heavy atom. The minimum absolute atomic E-state index is 0.602. The number of ether oxygens (including phenoxy) is 1. The molecule has 0 saturated carbocycles. The van der Waals surface area contributed by atoms with Gasteiger partial charge in [0.15, 0.2) is 0 Å². The average molecular weight is 229 g/mol. The van der Waals surface area contributed by atoms with Crippen molar-refractivity contribution in [2.45, 2.75) is 6.92 Å². The van der Waals surface area contributed by atoms with Gasteiger partial charge < -0.3 is 9.64 Å². The second-order valence-electron chi connectivity index (χ2n) is 4.14. The summed E-state index contributed by atoms with van der Waals surface area (Å²) in [4.78, 5) is 2.04. The maximum atomic E-state index is 5.56. The number of anilines is 1. The Bertz CT molecular complexity index is 427. The lowest BCUT2D eigenvalue weighted by atomic mass is 10.3. The number of hydrogen-bond donors (Lipinski definition) is 0. The summed E-state index contributed by atoms with van der Waals surface area (Å²) in [6.07, 6.45) is 3.68. The summed E-state index contributed by atoms with van der Waals surface area (Å²) in [5.41, 5.74) is 2.11. The first kappa shape index (κ1) is 13.1. The molecular weight excluding hydrogens is 210 g/mol. The van der Waals surface area contributed by atoms with Crippen LogP contribution in [0.15, 0.2) is 60.9 Å². The van der Waals surface area contributed by atoms with Gasteiger partial charge in [0.2, 0.25) is 0 Å². The van der Waals surface area contributed by atoms with Crippen LogP contribution in [-0.2, 0) is 0 Å². The van der Waals surface area contributed by atoms with Crippen molar-refractivity contribution in [3.05, 3.63) is 60.9 Å². The predicted octanol–water partition coefficient (Wildman–Crippen LogP) is 3.78. The first-order valence-corrected chi connectivity index (χ1v) is 5.47. The topological polar surface area (TPSA) is 12.5 Å². The number of allylic oxidation sites excluding steroid dienone is 3. The third-order valence-corrected chi connectivity index (χ3v) is 2.16. The molecule has 0 aliphatic carbocycles. The first-order valence-electron chi connectivity index (χ1n) is 5.47. The summed E-state index contributed by atoms with van der Waals surface area (Å²) in [6.45, 7) is 9.52. The molecule has 1 aromatic rings. The normalized spacial score (nSPS) is 10.3. The van der Waals surface area contributed by atoms with Crippen LogP contribution >= 0.6 is 0 Å². The quantitative estimate of drug-likeness (QED) is 0.563. The molecule has 1 rings (SSSR count). The average Bonchev–Trinajstić information content (AvgIpc) is 2.27. The molecular formula is C15H19NO. The monoisotopic (exact) mass is 229 g/mol. The fourth-order valence-corrected chi connectivity index (χ4v) is 1.23. The zero-order chi connectivity index (χ0) is 12.8. The van der Waals surface area contributed by atoms with Crippen LogP contribution in [0.4, 0.5) is 5.69 Å². The third kappa shape index (κ3) is 4.60. The Kier molecular flexibility index (Phi) is 4.58. The lowest BCUT2D eigenvalue weighted by Crippen LogP contribution is -2.07. The smallest absolute Gasteiger partial charge is 0.127 e. The zero-order valence-electron chi connectivity index (χ0n) is 10.7. The summed E-state index contributed by atoms with van der Waals surface area (Å²) < 4.78 is 5.56. The first-order chi connectivity index (χ1) is 7.99. The van der Waals surface area contributed by atoms with Crippen molar-refractivity contribution in [2.24, 2.45) is 0 Å². The van der Waals surface area contributed by atoms with Gasteiger partial charge in [0.1, 0.15) is 11.5 Å². The Balaban J connectivity index is 2.63. The molecule has 2 heteroatoms. The molecule has 0 unspecified atom stereocenters. The van der Waals surface area contributed by atoms with Crippen LogP contribution in [0, 0.1) is 0 Å². The molecule has 0 saturated heterocycles. The SMILES string of the molecule is C=C(C)/C=C\C(=C)Oc1ccc(N(C)C)cc1. The summed E-state index contributed by atoms with van der Waals surface area (Å²) in [7, 11) is 4.01. The summed E-state index contributed by atoms with van der Waals surface area (Å²) in [5.74, 6) is 1.39. The molecule has 0 bridgehead atoms. The third-order valence-electron chi connectivity index (χ3n) is 2.16. The largest absolute Gasteiger partial charge is 0.458 e.